The van der Waals surface area contributed by atoms with Gasteiger partial charge in [0.25, 0.3) is 0 Å². The fourth-order valence-corrected chi connectivity index (χ4v) is 3.24. The third-order valence-corrected chi connectivity index (χ3v) is 4.17. The molecule has 0 radical (unpaired) electrons. The number of aromatic nitrogens is 2. The van der Waals surface area contributed by atoms with Gasteiger partial charge in [0.15, 0.2) is 0 Å². The molecule has 0 amide bonds. The first-order chi connectivity index (χ1) is 7.77. The van der Waals surface area contributed by atoms with Gasteiger partial charge in [0.2, 0.25) is 0 Å². The molecule has 1 atom stereocenters. The van der Waals surface area contributed by atoms with Gasteiger partial charge in [0.1, 0.15) is 10.4 Å². The molecule has 0 aliphatic carbocycles. The van der Waals surface area contributed by atoms with Crippen LogP contribution in [0.4, 0.5) is 0 Å². The third kappa shape index (κ3) is 1.61. The molecule has 0 spiro atoms. The summed E-state index contributed by atoms with van der Waals surface area (Å²) in [6, 6.07) is 6.51. The van der Waals surface area contributed by atoms with Crippen molar-refractivity contribution in [3.63, 3.8) is 0 Å². The largest absolute Gasteiger partial charge is 0.307 e. The Kier molecular flexibility index (Phi) is 2.77. The maximum absolute atomic E-state index is 4.62. The number of halogens is 2. The van der Waals surface area contributed by atoms with Crippen LogP contribution in [0.15, 0.2) is 27.4 Å². The van der Waals surface area contributed by atoms with Crippen LogP contribution in [0.5, 0.6) is 0 Å². The van der Waals surface area contributed by atoms with Crippen LogP contribution in [0.3, 0.4) is 0 Å². The van der Waals surface area contributed by atoms with Gasteiger partial charge in [0.05, 0.1) is 16.2 Å². The van der Waals surface area contributed by atoms with E-state index in [1.54, 1.807) is 0 Å². The molecule has 84 valence electrons. The van der Waals surface area contributed by atoms with Crippen molar-refractivity contribution in [3.05, 3.63) is 33.2 Å². The molecule has 5 heteroatoms. The molecule has 1 aliphatic rings. The van der Waals surface area contributed by atoms with Crippen molar-refractivity contribution in [3.8, 4) is 0 Å². The zero-order valence-corrected chi connectivity index (χ0v) is 11.8. The minimum Gasteiger partial charge on any atom is -0.307 e. The van der Waals surface area contributed by atoms with E-state index in [0.717, 1.165) is 33.5 Å². The molecule has 1 N–H and O–H groups in total. The van der Waals surface area contributed by atoms with Crippen molar-refractivity contribution in [1.29, 1.82) is 0 Å². The van der Waals surface area contributed by atoms with Crippen molar-refractivity contribution in [2.75, 3.05) is 6.54 Å². The molecule has 3 heterocycles. The molecule has 1 fully saturated rings. The molecule has 3 nitrogen and oxygen atoms in total. The Hall–Kier alpha value is -0.390. The molecule has 0 bridgehead atoms. The van der Waals surface area contributed by atoms with Crippen molar-refractivity contribution < 1.29 is 0 Å². The van der Waals surface area contributed by atoms with Crippen LogP contribution in [0, 0.1) is 0 Å². The quantitative estimate of drug-likeness (QED) is 0.804. The first kappa shape index (κ1) is 10.7. The van der Waals surface area contributed by atoms with Gasteiger partial charge in [-0.05, 0) is 63.4 Å². The molecule has 16 heavy (non-hydrogen) atoms. The van der Waals surface area contributed by atoms with E-state index in [4.69, 9.17) is 0 Å². The molecule has 2 aromatic heterocycles. The average Bonchev–Trinajstić information content (AvgIpc) is 2.87. The van der Waals surface area contributed by atoms with E-state index >= 15 is 0 Å². The zero-order chi connectivity index (χ0) is 11.1. The van der Waals surface area contributed by atoms with Gasteiger partial charge in [-0.2, -0.15) is 0 Å². The summed E-state index contributed by atoms with van der Waals surface area (Å²) in [7, 11) is 0. The summed E-state index contributed by atoms with van der Waals surface area (Å²) in [6.07, 6.45) is 2.38. The monoisotopic (exact) mass is 343 g/mol. The Morgan fingerprint density at radius 2 is 2.25 bits per heavy atom. The standard InChI is InChI=1S/C11H11Br2N3/c12-9-5-1-4-8-10(13)15-11(16(8)9)7-3-2-6-14-7/h1,4-5,7,14H,2-3,6H2. The van der Waals surface area contributed by atoms with Crippen molar-refractivity contribution in [1.82, 2.24) is 14.7 Å². The smallest absolute Gasteiger partial charge is 0.132 e. The lowest BCUT2D eigenvalue weighted by Gasteiger charge is -2.09. The lowest BCUT2D eigenvalue weighted by molar-refractivity contribution is 0.600. The number of pyridine rings is 1. The maximum Gasteiger partial charge on any atom is 0.132 e. The molecule has 2 aromatic rings. The highest BCUT2D eigenvalue weighted by molar-refractivity contribution is 9.11. The highest BCUT2D eigenvalue weighted by Gasteiger charge is 2.22. The highest BCUT2D eigenvalue weighted by Crippen LogP contribution is 2.29. The first-order valence-electron chi connectivity index (χ1n) is 5.33. The van der Waals surface area contributed by atoms with Gasteiger partial charge in [0, 0.05) is 0 Å². The third-order valence-electron chi connectivity index (χ3n) is 2.97. The van der Waals surface area contributed by atoms with Gasteiger partial charge in [-0.3, -0.25) is 4.40 Å². The topological polar surface area (TPSA) is 29.3 Å². The zero-order valence-electron chi connectivity index (χ0n) is 8.58. The molecule has 1 saturated heterocycles. The number of imidazole rings is 1. The summed E-state index contributed by atoms with van der Waals surface area (Å²) < 4.78 is 4.12. The summed E-state index contributed by atoms with van der Waals surface area (Å²) in [4.78, 5) is 4.62. The van der Waals surface area contributed by atoms with Gasteiger partial charge >= 0.3 is 0 Å². The summed E-state index contributed by atoms with van der Waals surface area (Å²) >= 11 is 7.10. The number of fused-ring (bicyclic) bond motifs is 1. The summed E-state index contributed by atoms with van der Waals surface area (Å²) in [6.45, 7) is 1.08. The molecular weight excluding hydrogens is 334 g/mol. The Balaban J connectivity index is 2.24. The molecule has 0 saturated carbocycles. The number of hydrogen-bond donors (Lipinski definition) is 1. The predicted octanol–water partition coefficient (Wildman–Crippen LogP) is 3.28. The van der Waals surface area contributed by atoms with E-state index in [0.29, 0.717) is 6.04 Å². The Bertz CT molecular complexity index is 529. The summed E-state index contributed by atoms with van der Waals surface area (Å²) in [5.74, 6) is 1.09. The second-order valence-electron chi connectivity index (χ2n) is 3.98. The second kappa shape index (κ2) is 4.13. The normalized spacial score (nSPS) is 20.8. The highest BCUT2D eigenvalue weighted by atomic mass is 79.9. The molecule has 3 rings (SSSR count). The van der Waals surface area contributed by atoms with Crippen LogP contribution in [0.1, 0.15) is 24.7 Å². The fourth-order valence-electron chi connectivity index (χ4n) is 2.22. The minimum atomic E-state index is 0.373. The number of nitrogens with zero attached hydrogens (tertiary/aromatic N) is 2. The Morgan fingerprint density at radius 1 is 1.38 bits per heavy atom. The lowest BCUT2D eigenvalue weighted by atomic mass is 10.2. The van der Waals surface area contributed by atoms with Crippen LogP contribution >= 0.6 is 31.9 Å². The summed E-state index contributed by atoms with van der Waals surface area (Å²) in [5, 5.41) is 3.48. The van der Waals surface area contributed by atoms with E-state index in [1.165, 1.54) is 6.42 Å². The Morgan fingerprint density at radius 3 is 3.00 bits per heavy atom. The van der Waals surface area contributed by atoms with Crippen LogP contribution in [-0.4, -0.2) is 15.9 Å². The fraction of sp³-hybridized carbons (Fsp3) is 0.364. The van der Waals surface area contributed by atoms with Gasteiger partial charge in [-0.25, -0.2) is 4.98 Å². The lowest BCUT2D eigenvalue weighted by Crippen LogP contribution is -2.16. The number of hydrogen-bond acceptors (Lipinski definition) is 2. The molecule has 0 aromatic carbocycles. The minimum absolute atomic E-state index is 0.373. The van der Waals surface area contributed by atoms with E-state index in [9.17, 15) is 0 Å². The van der Waals surface area contributed by atoms with Crippen LogP contribution in [0.25, 0.3) is 5.52 Å². The molecule has 1 aliphatic heterocycles. The Labute approximate surface area is 111 Å². The SMILES string of the molecule is Brc1nc(C2CCCN2)n2c(Br)cccc12. The van der Waals surface area contributed by atoms with Gasteiger partial charge < -0.3 is 5.32 Å². The van der Waals surface area contributed by atoms with Crippen LogP contribution in [-0.2, 0) is 0 Å². The average molecular weight is 345 g/mol. The van der Waals surface area contributed by atoms with E-state index in [1.807, 2.05) is 12.1 Å². The second-order valence-corrected chi connectivity index (χ2v) is 5.54. The van der Waals surface area contributed by atoms with Gasteiger partial charge in [-0.1, -0.05) is 6.07 Å². The molecular formula is C11H11Br2N3. The number of rotatable bonds is 1. The van der Waals surface area contributed by atoms with Crippen LogP contribution < -0.4 is 5.32 Å². The van der Waals surface area contributed by atoms with Gasteiger partial charge in [-0.15, -0.1) is 0 Å². The van der Waals surface area contributed by atoms with Crippen LogP contribution in [0.2, 0.25) is 0 Å². The molecule has 1 unspecified atom stereocenters. The van der Waals surface area contributed by atoms with E-state index in [2.05, 4.69) is 52.6 Å². The van der Waals surface area contributed by atoms with Crippen molar-refractivity contribution in [2.45, 2.75) is 18.9 Å². The first-order valence-corrected chi connectivity index (χ1v) is 6.92. The number of nitrogens with one attached hydrogen (secondary N) is 1. The van der Waals surface area contributed by atoms with Crippen molar-refractivity contribution >= 4 is 37.4 Å². The maximum atomic E-state index is 4.62. The van der Waals surface area contributed by atoms with Crippen molar-refractivity contribution in [2.24, 2.45) is 0 Å². The van der Waals surface area contributed by atoms with E-state index < -0.39 is 0 Å². The predicted molar refractivity (Wildman–Crippen MR) is 70.6 cm³/mol. The van der Waals surface area contributed by atoms with E-state index in [-0.39, 0.29) is 0 Å². The summed E-state index contributed by atoms with van der Waals surface area (Å²) in [5.41, 5.74) is 1.11.